The maximum absolute atomic E-state index is 12.8. The van der Waals surface area contributed by atoms with Gasteiger partial charge in [-0.25, -0.2) is 0 Å². The number of hydrogen-bond donors (Lipinski definition) is 2. The first-order valence-corrected chi connectivity index (χ1v) is 11.9. The van der Waals surface area contributed by atoms with Crippen LogP contribution in [0.3, 0.4) is 0 Å². The van der Waals surface area contributed by atoms with Crippen LogP contribution in [0.4, 0.5) is 11.4 Å². The van der Waals surface area contributed by atoms with Crippen LogP contribution in [0, 0.1) is 18.3 Å². The third-order valence-electron chi connectivity index (χ3n) is 6.92. The number of pyridine rings is 2. The van der Waals surface area contributed by atoms with E-state index in [-0.39, 0.29) is 5.56 Å². The largest absolute Gasteiger partial charge is 0.378 e. The molecule has 2 N–H and O–H groups in total. The van der Waals surface area contributed by atoms with Crippen LogP contribution in [0.15, 0.2) is 53.6 Å². The van der Waals surface area contributed by atoms with Gasteiger partial charge < -0.3 is 24.6 Å². The second-order valence-corrected chi connectivity index (χ2v) is 9.37. The summed E-state index contributed by atoms with van der Waals surface area (Å²) in [7, 11) is 1.77. The molecule has 8 nitrogen and oxygen atoms in total. The summed E-state index contributed by atoms with van der Waals surface area (Å²) in [4.78, 5) is 19.3. The predicted molar refractivity (Wildman–Crippen MR) is 134 cm³/mol. The number of aryl methyl sites for hydroxylation is 2. The number of benzene rings is 1. The Morgan fingerprint density at radius 1 is 1.20 bits per heavy atom. The van der Waals surface area contributed by atoms with Crippen molar-refractivity contribution in [3.8, 4) is 17.2 Å². The minimum atomic E-state index is -0.953. The van der Waals surface area contributed by atoms with Gasteiger partial charge in [-0.15, -0.1) is 0 Å². The number of rotatable bonds is 6. The number of nitriles is 1. The lowest BCUT2D eigenvalue weighted by Gasteiger charge is -2.29. The third-order valence-corrected chi connectivity index (χ3v) is 6.92. The highest BCUT2D eigenvalue weighted by atomic mass is 16.5. The molecule has 1 saturated carbocycles. The van der Waals surface area contributed by atoms with E-state index in [4.69, 9.17) is 4.74 Å². The molecule has 1 aliphatic heterocycles. The summed E-state index contributed by atoms with van der Waals surface area (Å²) in [5, 5.41) is 23.5. The molecule has 3 heterocycles. The van der Waals surface area contributed by atoms with Crippen LogP contribution in [0.2, 0.25) is 0 Å². The Balaban J connectivity index is 1.43. The summed E-state index contributed by atoms with van der Waals surface area (Å²) < 4.78 is 7.07. The van der Waals surface area contributed by atoms with Gasteiger partial charge in [-0.3, -0.25) is 9.78 Å². The van der Waals surface area contributed by atoms with Gasteiger partial charge in [0.1, 0.15) is 5.69 Å². The average Bonchev–Trinajstić information content (AvgIpc) is 3.69. The lowest BCUT2D eigenvalue weighted by molar-refractivity contribution is 0.122. The van der Waals surface area contributed by atoms with E-state index in [0.717, 1.165) is 35.2 Å². The molecule has 8 heteroatoms. The van der Waals surface area contributed by atoms with Gasteiger partial charge in [0.15, 0.2) is 6.23 Å². The van der Waals surface area contributed by atoms with E-state index >= 15 is 0 Å². The molecular weight excluding hydrogens is 442 g/mol. The summed E-state index contributed by atoms with van der Waals surface area (Å²) in [5.41, 5.74) is 5.23. The van der Waals surface area contributed by atoms with Crippen molar-refractivity contribution in [2.75, 3.05) is 36.5 Å². The lowest BCUT2D eigenvalue weighted by Crippen LogP contribution is -2.40. The molecule has 5 rings (SSSR count). The number of anilines is 2. The molecule has 1 aromatic carbocycles. The van der Waals surface area contributed by atoms with Crippen molar-refractivity contribution in [1.29, 1.82) is 5.26 Å². The lowest BCUT2D eigenvalue weighted by atomic mass is 10.00. The molecule has 35 heavy (non-hydrogen) atoms. The van der Waals surface area contributed by atoms with Crippen LogP contribution >= 0.6 is 0 Å². The Kier molecular flexibility index (Phi) is 6.05. The molecule has 0 amide bonds. The van der Waals surface area contributed by atoms with E-state index in [0.29, 0.717) is 43.2 Å². The Bertz CT molecular complexity index is 1350. The Morgan fingerprint density at radius 2 is 1.97 bits per heavy atom. The van der Waals surface area contributed by atoms with Crippen LogP contribution in [-0.2, 0) is 17.2 Å². The molecule has 1 aliphatic carbocycles. The van der Waals surface area contributed by atoms with Crippen molar-refractivity contribution in [1.82, 2.24) is 9.55 Å². The van der Waals surface area contributed by atoms with E-state index in [1.165, 1.54) is 0 Å². The fraction of sp³-hybridized carbons (Fsp3) is 0.370. The van der Waals surface area contributed by atoms with Crippen molar-refractivity contribution in [3.05, 3.63) is 76.0 Å². The SMILES string of the molecule is Cc1ccc(NC(O)c2ccnc(C3(C#N)CC3)c2)cc1-c1cc(N2CCOCC2)c(=O)n(C)c1. The molecule has 0 spiro atoms. The van der Waals surface area contributed by atoms with Gasteiger partial charge >= 0.3 is 0 Å². The first-order chi connectivity index (χ1) is 16.9. The zero-order valence-electron chi connectivity index (χ0n) is 20.0. The summed E-state index contributed by atoms with van der Waals surface area (Å²) in [6.07, 6.45) is 4.14. The maximum atomic E-state index is 12.8. The van der Waals surface area contributed by atoms with Crippen molar-refractivity contribution in [3.63, 3.8) is 0 Å². The van der Waals surface area contributed by atoms with Gasteiger partial charge in [0, 0.05) is 49.3 Å². The Labute approximate surface area is 204 Å². The molecule has 1 unspecified atom stereocenters. The van der Waals surface area contributed by atoms with Crippen LogP contribution < -0.4 is 15.8 Å². The summed E-state index contributed by atoms with van der Waals surface area (Å²) in [5.74, 6) is 0. The van der Waals surface area contributed by atoms with Gasteiger partial charge in [0.2, 0.25) is 0 Å². The monoisotopic (exact) mass is 471 g/mol. The maximum Gasteiger partial charge on any atom is 0.273 e. The number of nitrogens with zero attached hydrogens (tertiary/aromatic N) is 4. The number of ether oxygens (including phenoxy) is 1. The highest BCUT2D eigenvalue weighted by molar-refractivity contribution is 5.74. The van der Waals surface area contributed by atoms with Crippen LogP contribution in [0.1, 0.15) is 35.9 Å². The highest BCUT2D eigenvalue weighted by Gasteiger charge is 2.46. The van der Waals surface area contributed by atoms with Crippen molar-refractivity contribution >= 4 is 11.4 Å². The summed E-state index contributed by atoms with van der Waals surface area (Å²) in [6, 6.07) is 13.8. The third kappa shape index (κ3) is 4.53. The van der Waals surface area contributed by atoms with Crippen LogP contribution in [-0.4, -0.2) is 41.0 Å². The molecule has 2 aromatic heterocycles. The molecular formula is C27H29N5O3. The van der Waals surface area contributed by atoms with E-state index in [2.05, 4.69) is 21.3 Å². The number of nitrogens with one attached hydrogen (secondary N) is 1. The zero-order valence-corrected chi connectivity index (χ0v) is 20.0. The minimum absolute atomic E-state index is 0.0303. The number of aromatic nitrogens is 2. The summed E-state index contributed by atoms with van der Waals surface area (Å²) >= 11 is 0. The fourth-order valence-electron chi connectivity index (χ4n) is 4.57. The predicted octanol–water partition coefficient (Wildman–Crippen LogP) is 3.25. The number of aliphatic hydroxyl groups is 1. The van der Waals surface area contributed by atoms with Gasteiger partial charge in [0.25, 0.3) is 5.56 Å². The second kappa shape index (κ2) is 9.17. The number of morpholine rings is 1. The molecule has 180 valence electrons. The quantitative estimate of drug-likeness (QED) is 0.532. The normalized spacial score (nSPS) is 17.5. The van der Waals surface area contributed by atoms with E-state index in [1.807, 2.05) is 43.5 Å². The first kappa shape index (κ1) is 23.1. The zero-order chi connectivity index (χ0) is 24.6. The molecule has 1 saturated heterocycles. The van der Waals surface area contributed by atoms with Crippen molar-refractivity contribution in [2.24, 2.45) is 7.05 Å². The fourth-order valence-corrected chi connectivity index (χ4v) is 4.57. The van der Waals surface area contributed by atoms with Gasteiger partial charge in [-0.2, -0.15) is 5.26 Å². The first-order valence-electron chi connectivity index (χ1n) is 11.9. The molecule has 2 fully saturated rings. The topological polar surface area (TPSA) is 103 Å². The molecule has 2 aliphatic rings. The Hall–Kier alpha value is -3.67. The van der Waals surface area contributed by atoms with Crippen LogP contribution in [0.25, 0.3) is 11.1 Å². The minimum Gasteiger partial charge on any atom is -0.378 e. The van der Waals surface area contributed by atoms with E-state index in [9.17, 15) is 15.2 Å². The van der Waals surface area contributed by atoms with Crippen molar-refractivity contribution in [2.45, 2.75) is 31.4 Å². The van der Waals surface area contributed by atoms with Gasteiger partial charge in [0.05, 0.1) is 30.4 Å². The van der Waals surface area contributed by atoms with E-state index in [1.54, 1.807) is 23.9 Å². The molecule has 0 radical (unpaired) electrons. The summed E-state index contributed by atoms with van der Waals surface area (Å²) in [6.45, 7) is 4.62. The molecule has 3 aromatic rings. The highest BCUT2D eigenvalue weighted by Crippen LogP contribution is 2.46. The molecule has 1 atom stereocenters. The van der Waals surface area contributed by atoms with E-state index < -0.39 is 11.6 Å². The van der Waals surface area contributed by atoms with Gasteiger partial charge in [-0.05, 0) is 61.2 Å². The molecule has 0 bridgehead atoms. The average molecular weight is 472 g/mol. The standard InChI is InChI=1S/C27H29N5O3/c1-18-3-4-21(30-25(33)19-5-8-29-24(14-19)27(17-28)6-7-27)15-22(18)20-13-23(26(34)31(2)16-20)32-9-11-35-12-10-32/h3-5,8,13-16,25,30,33H,6-7,9-12H2,1-2H3. The Morgan fingerprint density at radius 3 is 2.69 bits per heavy atom. The number of hydrogen-bond acceptors (Lipinski definition) is 7. The second-order valence-electron chi connectivity index (χ2n) is 9.37. The number of aliphatic hydroxyl groups excluding tert-OH is 1. The van der Waals surface area contributed by atoms with Crippen LogP contribution in [0.5, 0.6) is 0 Å². The van der Waals surface area contributed by atoms with Crippen molar-refractivity contribution < 1.29 is 9.84 Å². The smallest absolute Gasteiger partial charge is 0.273 e. The van der Waals surface area contributed by atoms with Gasteiger partial charge in [-0.1, -0.05) is 6.07 Å².